The Morgan fingerprint density at radius 3 is 2.13 bits per heavy atom. The Morgan fingerprint density at radius 1 is 1.07 bits per heavy atom. The molecule has 1 unspecified atom stereocenters. The molecule has 0 radical (unpaired) electrons. The van der Waals surface area contributed by atoms with Crippen LogP contribution in [0.25, 0.3) is 0 Å². The van der Waals surface area contributed by atoms with Crippen LogP contribution in [0, 0.1) is 11.3 Å². The van der Waals surface area contributed by atoms with E-state index in [1.165, 1.54) is 6.42 Å². The Bertz CT molecular complexity index is 153. The van der Waals surface area contributed by atoms with Crippen LogP contribution in [0.1, 0.15) is 48.0 Å². The van der Waals surface area contributed by atoms with E-state index in [9.17, 15) is 0 Å². The second-order valence-corrected chi connectivity index (χ2v) is 5.85. The van der Waals surface area contributed by atoms with Crippen molar-refractivity contribution in [1.29, 1.82) is 0 Å². The maximum absolute atomic E-state index is 3.59. The second kappa shape index (κ2) is 7.24. The largest absolute Gasteiger partial charge is 0.315 e. The molecule has 0 aromatic heterocycles. The van der Waals surface area contributed by atoms with E-state index in [2.05, 4.69) is 52.2 Å². The molecule has 0 rings (SSSR count). The van der Waals surface area contributed by atoms with E-state index in [-0.39, 0.29) is 0 Å². The van der Waals surface area contributed by atoms with Gasteiger partial charge in [0.15, 0.2) is 0 Å². The Morgan fingerprint density at radius 2 is 1.67 bits per heavy atom. The van der Waals surface area contributed by atoms with E-state index in [4.69, 9.17) is 0 Å². The molecule has 0 spiro atoms. The van der Waals surface area contributed by atoms with Gasteiger partial charge in [-0.1, -0.05) is 34.6 Å². The van der Waals surface area contributed by atoms with Gasteiger partial charge < -0.3 is 10.6 Å². The fraction of sp³-hybridized carbons (Fsp3) is 1.00. The predicted molar refractivity (Wildman–Crippen MR) is 69.2 cm³/mol. The van der Waals surface area contributed by atoms with Crippen LogP contribution in [0.15, 0.2) is 0 Å². The molecule has 1 atom stereocenters. The Hall–Kier alpha value is -0.0800. The first kappa shape index (κ1) is 14.9. The third kappa shape index (κ3) is 8.88. The molecule has 0 saturated carbocycles. The lowest BCUT2D eigenvalue weighted by molar-refractivity contribution is 0.308. The summed E-state index contributed by atoms with van der Waals surface area (Å²) >= 11 is 0. The lowest BCUT2D eigenvalue weighted by Gasteiger charge is -2.26. The third-order valence-corrected chi connectivity index (χ3v) is 2.89. The van der Waals surface area contributed by atoms with Gasteiger partial charge in [-0.3, -0.25) is 0 Å². The summed E-state index contributed by atoms with van der Waals surface area (Å²) in [6.45, 7) is 16.9. The van der Waals surface area contributed by atoms with Gasteiger partial charge in [0.1, 0.15) is 0 Å². The molecule has 0 bridgehead atoms. The fourth-order valence-corrected chi connectivity index (χ4v) is 1.24. The predicted octanol–water partition coefficient (Wildman–Crippen LogP) is 2.65. The van der Waals surface area contributed by atoms with Crippen molar-refractivity contribution in [1.82, 2.24) is 10.6 Å². The monoisotopic (exact) mass is 214 g/mol. The number of hydrogen-bond acceptors (Lipinski definition) is 2. The first-order chi connectivity index (χ1) is 6.87. The van der Waals surface area contributed by atoms with Crippen LogP contribution in [-0.2, 0) is 0 Å². The van der Waals surface area contributed by atoms with Crippen molar-refractivity contribution in [3.63, 3.8) is 0 Å². The average molecular weight is 214 g/mol. The molecule has 92 valence electrons. The molecule has 0 saturated heterocycles. The third-order valence-electron chi connectivity index (χ3n) is 2.89. The molecule has 0 aliphatic carbocycles. The normalized spacial score (nSPS) is 14.6. The van der Waals surface area contributed by atoms with Gasteiger partial charge >= 0.3 is 0 Å². The van der Waals surface area contributed by atoms with E-state index in [1.807, 2.05) is 0 Å². The van der Waals surface area contributed by atoms with Gasteiger partial charge in [-0.05, 0) is 31.2 Å². The maximum atomic E-state index is 3.59. The molecule has 2 N–H and O–H groups in total. The zero-order valence-corrected chi connectivity index (χ0v) is 11.5. The minimum Gasteiger partial charge on any atom is -0.315 e. The Labute approximate surface area is 96.2 Å². The molecule has 15 heavy (non-hydrogen) atoms. The molecular formula is C13H30N2. The van der Waals surface area contributed by atoms with Crippen LogP contribution in [0.2, 0.25) is 0 Å². The highest BCUT2D eigenvalue weighted by Crippen LogP contribution is 2.17. The van der Waals surface area contributed by atoms with Crippen molar-refractivity contribution in [2.45, 2.75) is 54.0 Å². The molecular weight excluding hydrogens is 184 g/mol. The van der Waals surface area contributed by atoms with Crippen LogP contribution >= 0.6 is 0 Å². The molecule has 0 heterocycles. The van der Waals surface area contributed by atoms with Crippen LogP contribution in [0.4, 0.5) is 0 Å². The van der Waals surface area contributed by atoms with Crippen molar-refractivity contribution in [2.75, 3.05) is 19.6 Å². The summed E-state index contributed by atoms with van der Waals surface area (Å²) in [7, 11) is 0. The summed E-state index contributed by atoms with van der Waals surface area (Å²) in [6.07, 6.45) is 1.23. The van der Waals surface area contributed by atoms with Crippen molar-refractivity contribution >= 4 is 0 Å². The highest BCUT2D eigenvalue weighted by Gasteiger charge is 2.15. The van der Waals surface area contributed by atoms with Gasteiger partial charge in [-0.25, -0.2) is 0 Å². The highest BCUT2D eigenvalue weighted by molar-refractivity contribution is 4.73. The molecule has 0 amide bonds. The molecule has 2 heteroatoms. The van der Waals surface area contributed by atoms with Crippen LogP contribution < -0.4 is 10.6 Å². The number of nitrogens with one attached hydrogen (secondary N) is 2. The van der Waals surface area contributed by atoms with Crippen molar-refractivity contribution in [2.24, 2.45) is 11.3 Å². The van der Waals surface area contributed by atoms with Crippen molar-refractivity contribution in [3.05, 3.63) is 0 Å². The first-order valence-electron chi connectivity index (χ1n) is 6.31. The number of rotatable bonds is 8. The first-order valence-corrected chi connectivity index (χ1v) is 6.31. The van der Waals surface area contributed by atoms with E-state index in [0.29, 0.717) is 11.5 Å². The van der Waals surface area contributed by atoms with Gasteiger partial charge in [0.2, 0.25) is 0 Å². The quantitative estimate of drug-likeness (QED) is 0.649. The molecule has 0 aromatic carbocycles. The van der Waals surface area contributed by atoms with E-state index >= 15 is 0 Å². The second-order valence-electron chi connectivity index (χ2n) is 5.85. The summed E-state index contributed by atoms with van der Waals surface area (Å²) in [5.41, 5.74) is 0.423. The van der Waals surface area contributed by atoms with Crippen LogP contribution in [-0.4, -0.2) is 25.7 Å². The van der Waals surface area contributed by atoms with Gasteiger partial charge in [0.25, 0.3) is 0 Å². The summed E-state index contributed by atoms with van der Waals surface area (Å²) in [5.74, 6) is 0.740. The van der Waals surface area contributed by atoms with Gasteiger partial charge in [-0.2, -0.15) is 0 Å². The molecule has 0 aliphatic rings. The smallest absolute Gasteiger partial charge is 0.0164 e. The molecule has 2 nitrogen and oxygen atoms in total. The summed E-state index contributed by atoms with van der Waals surface area (Å²) in [6, 6.07) is 0.564. The number of hydrogen-bond donors (Lipinski definition) is 2. The molecule has 0 aromatic rings. The van der Waals surface area contributed by atoms with E-state index < -0.39 is 0 Å². The summed E-state index contributed by atoms with van der Waals surface area (Å²) < 4.78 is 0. The van der Waals surface area contributed by atoms with Crippen LogP contribution in [0.3, 0.4) is 0 Å². The van der Waals surface area contributed by atoms with E-state index in [1.54, 1.807) is 0 Å². The standard InChI is InChI=1S/C13H30N2/c1-7-13(5,6)10-15-12(4)9-14-8-11(2)3/h11-12,14-15H,7-10H2,1-6H3. The molecule has 0 fully saturated rings. The van der Waals surface area contributed by atoms with Crippen molar-refractivity contribution in [3.8, 4) is 0 Å². The van der Waals surface area contributed by atoms with Gasteiger partial charge in [0, 0.05) is 19.1 Å². The SMILES string of the molecule is CCC(C)(C)CNC(C)CNCC(C)C. The summed E-state index contributed by atoms with van der Waals surface area (Å²) in [5, 5.41) is 7.06. The van der Waals surface area contributed by atoms with Crippen molar-refractivity contribution < 1.29 is 0 Å². The topological polar surface area (TPSA) is 24.1 Å². The fourth-order valence-electron chi connectivity index (χ4n) is 1.24. The Kier molecular flexibility index (Phi) is 7.20. The van der Waals surface area contributed by atoms with Gasteiger partial charge in [0.05, 0.1) is 0 Å². The minimum atomic E-state index is 0.423. The minimum absolute atomic E-state index is 0.423. The Balaban J connectivity index is 3.53. The zero-order chi connectivity index (χ0) is 11.9. The summed E-state index contributed by atoms with van der Waals surface area (Å²) in [4.78, 5) is 0. The van der Waals surface area contributed by atoms with Crippen LogP contribution in [0.5, 0.6) is 0 Å². The van der Waals surface area contributed by atoms with Gasteiger partial charge in [-0.15, -0.1) is 0 Å². The lowest BCUT2D eigenvalue weighted by Crippen LogP contribution is -2.41. The average Bonchev–Trinajstić information content (AvgIpc) is 2.14. The van der Waals surface area contributed by atoms with E-state index in [0.717, 1.165) is 25.6 Å². The highest BCUT2D eigenvalue weighted by atomic mass is 15.0. The maximum Gasteiger partial charge on any atom is 0.0164 e. The zero-order valence-electron chi connectivity index (χ0n) is 11.5. The lowest BCUT2D eigenvalue weighted by atomic mass is 9.90. The molecule has 0 aliphatic heterocycles.